The van der Waals surface area contributed by atoms with Crippen LogP contribution in [0.1, 0.15) is 33.9 Å². The van der Waals surface area contributed by atoms with Crippen LogP contribution in [0.15, 0.2) is 30.3 Å². The van der Waals surface area contributed by atoms with Gasteiger partial charge >= 0.3 is 6.09 Å². The third-order valence-corrected chi connectivity index (χ3v) is 4.28. The van der Waals surface area contributed by atoms with E-state index in [4.69, 9.17) is 4.74 Å². The van der Waals surface area contributed by atoms with Crippen LogP contribution < -0.4 is 15.4 Å². The van der Waals surface area contributed by atoms with Gasteiger partial charge < -0.3 is 20.1 Å². The van der Waals surface area contributed by atoms with Crippen molar-refractivity contribution in [3.63, 3.8) is 0 Å². The normalized spacial score (nSPS) is 15.3. The number of amides is 2. The SMILES string of the molecule is COC(=O)N[C@H]1CCOc2c(C(=O)Nc3ccc(F)c(C)c3)ccc(F)c21. The van der Waals surface area contributed by atoms with Crippen LogP contribution in [0, 0.1) is 18.6 Å². The number of alkyl carbamates (subject to hydrolysis) is 1. The molecule has 1 aliphatic heterocycles. The molecule has 8 heteroatoms. The molecule has 6 nitrogen and oxygen atoms in total. The van der Waals surface area contributed by atoms with Crippen molar-refractivity contribution in [2.24, 2.45) is 0 Å². The predicted octanol–water partition coefficient (Wildman–Crippen LogP) is 3.71. The molecule has 2 aromatic rings. The van der Waals surface area contributed by atoms with Gasteiger partial charge in [0.15, 0.2) is 0 Å². The van der Waals surface area contributed by atoms with Gasteiger partial charge in [-0.3, -0.25) is 4.79 Å². The number of aryl methyl sites for hydroxylation is 1. The summed E-state index contributed by atoms with van der Waals surface area (Å²) < 4.78 is 37.9. The van der Waals surface area contributed by atoms with E-state index >= 15 is 0 Å². The topological polar surface area (TPSA) is 76.7 Å². The Hall–Kier alpha value is -3.16. The minimum Gasteiger partial charge on any atom is -0.492 e. The van der Waals surface area contributed by atoms with Crippen LogP contribution >= 0.6 is 0 Å². The Morgan fingerprint density at radius 2 is 1.93 bits per heavy atom. The van der Waals surface area contributed by atoms with Crippen molar-refractivity contribution in [3.05, 3.63) is 58.7 Å². The average molecular weight is 376 g/mol. The van der Waals surface area contributed by atoms with E-state index in [-0.39, 0.29) is 29.3 Å². The van der Waals surface area contributed by atoms with Gasteiger partial charge in [-0.1, -0.05) is 0 Å². The van der Waals surface area contributed by atoms with Gasteiger partial charge in [-0.15, -0.1) is 0 Å². The zero-order valence-electron chi connectivity index (χ0n) is 14.8. The number of hydrogen-bond acceptors (Lipinski definition) is 4. The lowest BCUT2D eigenvalue weighted by Gasteiger charge is -2.28. The fraction of sp³-hybridized carbons (Fsp3) is 0.263. The molecule has 2 amide bonds. The third kappa shape index (κ3) is 3.84. The van der Waals surface area contributed by atoms with Crippen molar-refractivity contribution in [2.75, 3.05) is 19.0 Å². The molecule has 1 heterocycles. The highest BCUT2D eigenvalue weighted by Gasteiger charge is 2.30. The number of halogens is 2. The van der Waals surface area contributed by atoms with Gasteiger partial charge in [0.1, 0.15) is 17.4 Å². The summed E-state index contributed by atoms with van der Waals surface area (Å²) in [6.45, 7) is 1.78. The number of methoxy groups -OCH3 is 1. The molecule has 3 rings (SSSR count). The molecule has 0 bridgehead atoms. The van der Waals surface area contributed by atoms with Crippen molar-refractivity contribution in [2.45, 2.75) is 19.4 Å². The molecular weight excluding hydrogens is 358 g/mol. The van der Waals surface area contributed by atoms with Crippen molar-refractivity contribution < 1.29 is 27.8 Å². The Morgan fingerprint density at radius 3 is 2.63 bits per heavy atom. The van der Waals surface area contributed by atoms with Crippen molar-refractivity contribution in [1.82, 2.24) is 5.32 Å². The molecule has 0 spiro atoms. The second kappa shape index (κ2) is 7.61. The molecule has 142 valence electrons. The maximum atomic E-state index is 14.4. The molecule has 0 saturated heterocycles. The van der Waals surface area contributed by atoms with E-state index < -0.39 is 23.9 Å². The summed E-state index contributed by atoms with van der Waals surface area (Å²) in [6, 6.07) is 5.94. The first-order valence-electron chi connectivity index (χ1n) is 8.28. The molecule has 0 unspecified atom stereocenters. The Kier molecular flexibility index (Phi) is 5.25. The highest BCUT2D eigenvalue weighted by atomic mass is 19.1. The Morgan fingerprint density at radius 1 is 1.19 bits per heavy atom. The molecule has 27 heavy (non-hydrogen) atoms. The van der Waals surface area contributed by atoms with Crippen molar-refractivity contribution >= 4 is 17.7 Å². The fourth-order valence-corrected chi connectivity index (χ4v) is 2.92. The first kappa shape index (κ1) is 18.6. The van der Waals surface area contributed by atoms with Crippen LogP contribution in [-0.4, -0.2) is 25.7 Å². The number of rotatable bonds is 3. The number of carbonyl (C=O) groups excluding carboxylic acids is 2. The number of fused-ring (bicyclic) bond motifs is 1. The summed E-state index contributed by atoms with van der Waals surface area (Å²) >= 11 is 0. The molecule has 2 N–H and O–H groups in total. The van der Waals surface area contributed by atoms with E-state index in [1.807, 2.05) is 0 Å². The summed E-state index contributed by atoms with van der Waals surface area (Å²) in [6.07, 6.45) is -0.370. The molecule has 2 aromatic carbocycles. The smallest absolute Gasteiger partial charge is 0.407 e. The van der Waals surface area contributed by atoms with Crippen LogP contribution in [0.3, 0.4) is 0 Å². The number of anilines is 1. The van der Waals surface area contributed by atoms with Gasteiger partial charge in [0.05, 0.1) is 30.9 Å². The molecule has 0 aliphatic carbocycles. The van der Waals surface area contributed by atoms with Crippen molar-refractivity contribution in [1.29, 1.82) is 0 Å². The van der Waals surface area contributed by atoms with Gasteiger partial charge in [0, 0.05) is 12.1 Å². The molecule has 1 atom stereocenters. The largest absolute Gasteiger partial charge is 0.492 e. The molecule has 0 radical (unpaired) electrons. The van der Waals surface area contributed by atoms with Crippen LogP contribution in [0.4, 0.5) is 19.3 Å². The van der Waals surface area contributed by atoms with Gasteiger partial charge in [0.25, 0.3) is 5.91 Å². The number of benzene rings is 2. The third-order valence-electron chi connectivity index (χ3n) is 4.28. The highest BCUT2D eigenvalue weighted by Crippen LogP contribution is 2.37. The first-order chi connectivity index (χ1) is 12.9. The summed E-state index contributed by atoms with van der Waals surface area (Å²) in [4.78, 5) is 24.2. The highest BCUT2D eigenvalue weighted by molar-refractivity contribution is 6.06. The second-order valence-corrected chi connectivity index (χ2v) is 6.08. The lowest BCUT2D eigenvalue weighted by molar-refractivity contribution is 0.102. The minimum absolute atomic E-state index is 0.0685. The van der Waals surface area contributed by atoms with Crippen LogP contribution in [-0.2, 0) is 4.74 Å². The van der Waals surface area contributed by atoms with Gasteiger partial charge in [-0.25, -0.2) is 13.6 Å². The lowest BCUT2D eigenvalue weighted by atomic mass is 9.96. The van der Waals surface area contributed by atoms with Gasteiger partial charge in [0.2, 0.25) is 0 Å². The van der Waals surface area contributed by atoms with E-state index in [1.165, 1.54) is 31.4 Å². The molecular formula is C19H18F2N2O4. The quantitative estimate of drug-likeness (QED) is 0.856. The molecule has 0 aromatic heterocycles. The maximum absolute atomic E-state index is 14.4. The molecule has 1 aliphatic rings. The Labute approximate surface area is 154 Å². The summed E-state index contributed by atoms with van der Waals surface area (Å²) in [5.74, 6) is -1.44. The zero-order valence-corrected chi connectivity index (χ0v) is 14.8. The molecule has 0 fully saturated rings. The lowest BCUT2D eigenvalue weighted by Crippen LogP contribution is -2.33. The van der Waals surface area contributed by atoms with E-state index in [1.54, 1.807) is 6.92 Å². The van der Waals surface area contributed by atoms with E-state index in [2.05, 4.69) is 15.4 Å². The summed E-state index contributed by atoms with van der Waals surface area (Å²) in [7, 11) is 1.21. The first-order valence-corrected chi connectivity index (χ1v) is 8.28. The number of ether oxygens (including phenoxy) is 2. The monoisotopic (exact) mass is 376 g/mol. The number of hydrogen-bond donors (Lipinski definition) is 2. The summed E-state index contributed by atoms with van der Waals surface area (Å²) in [5, 5.41) is 5.18. The average Bonchev–Trinajstić information content (AvgIpc) is 2.65. The second-order valence-electron chi connectivity index (χ2n) is 6.08. The summed E-state index contributed by atoms with van der Waals surface area (Å²) in [5.41, 5.74) is 0.990. The van der Waals surface area contributed by atoms with Crippen LogP contribution in [0.5, 0.6) is 5.75 Å². The van der Waals surface area contributed by atoms with Gasteiger partial charge in [-0.05, 0) is 42.8 Å². The van der Waals surface area contributed by atoms with Crippen molar-refractivity contribution in [3.8, 4) is 5.75 Å². The Balaban J connectivity index is 1.92. The van der Waals surface area contributed by atoms with Crippen LogP contribution in [0.25, 0.3) is 0 Å². The Bertz CT molecular complexity index is 902. The minimum atomic E-state index is -0.705. The zero-order chi connectivity index (χ0) is 19.6. The molecule has 0 saturated carbocycles. The number of nitrogens with one attached hydrogen (secondary N) is 2. The maximum Gasteiger partial charge on any atom is 0.407 e. The van der Waals surface area contributed by atoms with E-state index in [9.17, 15) is 18.4 Å². The fourth-order valence-electron chi connectivity index (χ4n) is 2.92. The van der Waals surface area contributed by atoms with Gasteiger partial charge in [-0.2, -0.15) is 0 Å². The number of carbonyl (C=O) groups is 2. The van der Waals surface area contributed by atoms with Crippen LogP contribution in [0.2, 0.25) is 0 Å². The predicted molar refractivity (Wildman–Crippen MR) is 93.9 cm³/mol. The van der Waals surface area contributed by atoms with E-state index in [0.717, 1.165) is 6.07 Å². The standard InChI is InChI=1S/C19H18F2N2O4/c1-10-9-11(3-5-13(10)20)22-18(24)12-4-6-14(21)16-15(23-19(25)26-2)7-8-27-17(12)16/h3-6,9,15H,7-8H2,1-2H3,(H,22,24)(H,23,25)/t15-/m0/s1. The van der Waals surface area contributed by atoms with E-state index in [0.29, 0.717) is 17.7 Å².